The molecule has 2 rings (SSSR count). The molecular formula is C22H33F3N4O3. The first-order valence-corrected chi connectivity index (χ1v) is 10.8. The zero-order chi connectivity index (χ0) is 24.1. The van der Waals surface area contributed by atoms with Crippen LogP contribution in [-0.4, -0.2) is 69.3 Å². The highest BCUT2D eigenvalue weighted by molar-refractivity contribution is 5.97. The van der Waals surface area contributed by atoms with Crippen LogP contribution in [0.4, 0.5) is 23.7 Å². The van der Waals surface area contributed by atoms with Crippen LogP contribution in [0.5, 0.6) is 0 Å². The second-order valence-corrected chi connectivity index (χ2v) is 8.33. The average molecular weight is 459 g/mol. The number of carbonyl (C=O) groups is 2. The molecule has 0 aromatic heterocycles. The van der Waals surface area contributed by atoms with Crippen LogP contribution in [0, 0.1) is 6.92 Å². The highest BCUT2D eigenvalue weighted by Gasteiger charge is 2.39. The van der Waals surface area contributed by atoms with Crippen molar-refractivity contribution >= 4 is 17.7 Å². The van der Waals surface area contributed by atoms with Gasteiger partial charge in [0.25, 0.3) is 5.91 Å². The lowest BCUT2D eigenvalue weighted by Crippen LogP contribution is -2.52. The number of nitrogens with zero attached hydrogens (tertiary/aromatic N) is 2. The second-order valence-electron chi connectivity index (χ2n) is 8.33. The number of alkyl halides is 3. The van der Waals surface area contributed by atoms with Crippen molar-refractivity contribution in [2.45, 2.75) is 51.9 Å². The summed E-state index contributed by atoms with van der Waals surface area (Å²) in [7, 11) is 2.95. The van der Waals surface area contributed by atoms with Gasteiger partial charge < -0.3 is 25.2 Å². The molecule has 0 spiro atoms. The normalized spacial score (nSPS) is 16.6. The van der Waals surface area contributed by atoms with E-state index in [4.69, 9.17) is 0 Å². The van der Waals surface area contributed by atoms with Crippen molar-refractivity contribution < 1.29 is 27.5 Å². The molecular weight excluding hydrogens is 425 g/mol. The van der Waals surface area contributed by atoms with E-state index in [0.717, 1.165) is 25.5 Å². The van der Waals surface area contributed by atoms with Gasteiger partial charge in [0.2, 0.25) is 0 Å². The Bertz CT molecular complexity index is 808. The average Bonchev–Trinajstić information content (AvgIpc) is 2.73. The lowest BCUT2D eigenvalue weighted by molar-refractivity contribution is -0.138. The fraction of sp³-hybridized carbons (Fsp3) is 0.636. The van der Waals surface area contributed by atoms with Crippen LogP contribution >= 0.6 is 0 Å². The van der Waals surface area contributed by atoms with Crippen molar-refractivity contribution in [2.24, 2.45) is 0 Å². The fourth-order valence-electron chi connectivity index (χ4n) is 4.07. The predicted octanol–water partition coefficient (Wildman–Crippen LogP) is 3.41. The molecule has 1 aromatic rings. The third-order valence-electron chi connectivity index (χ3n) is 5.64. The quantitative estimate of drug-likeness (QED) is 0.655. The van der Waals surface area contributed by atoms with E-state index >= 15 is 0 Å². The molecule has 1 aliphatic heterocycles. The van der Waals surface area contributed by atoms with Crippen molar-refractivity contribution in [2.75, 3.05) is 45.2 Å². The van der Waals surface area contributed by atoms with Gasteiger partial charge in [0.15, 0.2) is 0 Å². The number of aryl methyl sites for hydroxylation is 1. The number of anilines is 1. The van der Waals surface area contributed by atoms with Gasteiger partial charge in [-0.1, -0.05) is 0 Å². The van der Waals surface area contributed by atoms with E-state index in [1.165, 1.54) is 13.2 Å². The Balaban J connectivity index is 2.42. The molecule has 10 heteroatoms. The number of piperidine rings is 1. The van der Waals surface area contributed by atoms with Gasteiger partial charge in [-0.3, -0.25) is 4.79 Å². The number of amides is 2. The van der Waals surface area contributed by atoms with Crippen molar-refractivity contribution in [3.63, 3.8) is 0 Å². The van der Waals surface area contributed by atoms with Gasteiger partial charge in [0.05, 0.1) is 18.2 Å². The SMILES string of the molecule is COC(=O)NCCN(C)c1cc(C(=O)N(C(C)C)C2CCCNC2)c(C(F)(F)F)cc1C. The molecule has 2 amide bonds. The standard InChI is InChI=1S/C22H33F3N4O3/c1-14(2)29(16-7-6-8-26-13-16)20(30)17-12-19(15(3)11-18(17)22(23,24)25)28(4)10-9-27-21(31)32-5/h11-12,14,16,26H,6-10,13H2,1-5H3,(H,27,31). The molecule has 0 saturated carbocycles. The number of hydrogen-bond acceptors (Lipinski definition) is 5. The number of alkyl carbamates (subject to hydrolysis) is 1. The highest BCUT2D eigenvalue weighted by atomic mass is 19.4. The lowest BCUT2D eigenvalue weighted by Gasteiger charge is -2.38. The smallest absolute Gasteiger partial charge is 0.417 e. The number of rotatable bonds is 7. The second kappa shape index (κ2) is 10.9. The van der Waals surface area contributed by atoms with E-state index in [9.17, 15) is 22.8 Å². The Morgan fingerprint density at radius 3 is 2.53 bits per heavy atom. The summed E-state index contributed by atoms with van der Waals surface area (Å²) in [6, 6.07) is 1.94. The molecule has 1 fully saturated rings. The third kappa shape index (κ3) is 6.27. The van der Waals surface area contributed by atoms with Crippen LogP contribution in [0.3, 0.4) is 0 Å². The largest absolute Gasteiger partial charge is 0.453 e. The number of nitrogens with one attached hydrogen (secondary N) is 2. The van der Waals surface area contributed by atoms with Gasteiger partial charge in [-0.25, -0.2) is 4.79 Å². The molecule has 0 radical (unpaired) electrons. The summed E-state index contributed by atoms with van der Waals surface area (Å²) in [6.07, 6.45) is -3.64. The first-order chi connectivity index (χ1) is 15.0. The zero-order valence-electron chi connectivity index (χ0n) is 19.3. The van der Waals surface area contributed by atoms with E-state index in [-0.39, 0.29) is 24.2 Å². The molecule has 0 aliphatic carbocycles. The van der Waals surface area contributed by atoms with Crippen LogP contribution in [-0.2, 0) is 10.9 Å². The number of halogens is 3. The summed E-state index contributed by atoms with van der Waals surface area (Å²) < 4.78 is 46.2. The fourth-order valence-corrected chi connectivity index (χ4v) is 4.07. The van der Waals surface area contributed by atoms with E-state index < -0.39 is 23.7 Å². The van der Waals surface area contributed by atoms with Gasteiger partial charge in [0.1, 0.15) is 0 Å². The third-order valence-corrected chi connectivity index (χ3v) is 5.64. The van der Waals surface area contributed by atoms with E-state index in [0.29, 0.717) is 24.3 Å². The Hall–Kier alpha value is -2.49. The Kier molecular flexibility index (Phi) is 8.77. The topological polar surface area (TPSA) is 73.9 Å². The maximum atomic E-state index is 13.9. The molecule has 32 heavy (non-hydrogen) atoms. The number of carbonyl (C=O) groups excluding carboxylic acids is 2. The minimum absolute atomic E-state index is 0.163. The van der Waals surface area contributed by atoms with Crippen LogP contribution < -0.4 is 15.5 Å². The van der Waals surface area contributed by atoms with Crippen LogP contribution in [0.15, 0.2) is 12.1 Å². The summed E-state index contributed by atoms with van der Waals surface area (Å²) in [6.45, 7) is 7.17. The monoisotopic (exact) mass is 458 g/mol. The van der Waals surface area contributed by atoms with Gasteiger partial charge in [-0.15, -0.1) is 0 Å². The van der Waals surface area contributed by atoms with Crippen molar-refractivity contribution in [3.8, 4) is 0 Å². The number of methoxy groups -OCH3 is 1. The summed E-state index contributed by atoms with van der Waals surface area (Å²) >= 11 is 0. The molecule has 1 atom stereocenters. The zero-order valence-corrected chi connectivity index (χ0v) is 19.3. The summed E-state index contributed by atoms with van der Waals surface area (Å²) in [5, 5.41) is 5.76. The lowest BCUT2D eigenvalue weighted by atomic mass is 9.97. The number of ether oxygens (including phenoxy) is 1. The van der Waals surface area contributed by atoms with Gasteiger partial charge in [0, 0.05) is 44.5 Å². The minimum Gasteiger partial charge on any atom is -0.453 e. The first-order valence-electron chi connectivity index (χ1n) is 10.8. The molecule has 0 bridgehead atoms. The van der Waals surface area contributed by atoms with Gasteiger partial charge in [-0.2, -0.15) is 13.2 Å². The molecule has 180 valence electrons. The van der Waals surface area contributed by atoms with E-state index in [1.54, 1.807) is 23.8 Å². The summed E-state index contributed by atoms with van der Waals surface area (Å²) in [5.74, 6) is -0.622. The summed E-state index contributed by atoms with van der Waals surface area (Å²) in [5.41, 5.74) is -0.396. The molecule has 1 heterocycles. The Morgan fingerprint density at radius 2 is 2.00 bits per heavy atom. The summed E-state index contributed by atoms with van der Waals surface area (Å²) in [4.78, 5) is 28.0. The van der Waals surface area contributed by atoms with Crippen LogP contribution in [0.1, 0.15) is 48.2 Å². The maximum absolute atomic E-state index is 13.9. The van der Waals surface area contributed by atoms with Gasteiger partial charge in [-0.05, 0) is 57.9 Å². The molecule has 1 aromatic carbocycles. The Morgan fingerprint density at radius 1 is 1.31 bits per heavy atom. The Labute approximate surface area is 187 Å². The molecule has 1 saturated heterocycles. The highest BCUT2D eigenvalue weighted by Crippen LogP contribution is 2.37. The van der Waals surface area contributed by atoms with Gasteiger partial charge >= 0.3 is 12.3 Å². The molecule has 1 aliphatic rings. The van der Waals surface area contributed by atoms with Crippen molar-refractivity contribution in [1.29, 1.82) is 0 Å². The van der Waals surface area contributed by atoms with E-state index in [2.05, 4.69) is 15.4 Å². The van der Waals surface area contributed by atoms with Crippen LogP contribution in [0.2, 0.25) is 0 Å². The first kappa shape index (κ1) is 25.8. The number of hydrogen-bond donors (Lipinski definition) is 2. The molecule has 7 nitrogen and oxygen atoms in total. The van der Waals surface area contributed by atoms with Crippen LogP contribution in [0.25, 0.3) is 0 Å². The predicted molar refractivity (Wildman–Crippen MR) is 117 cm³/mol. The minimum atomic E-state index is -4.66. The van der Waals surface area contributed by atoms with Crippen molar-refractivity contribution in [3.05, 3.63) is 28.8 Å². The number of benzene rings is 1. The van der Waals surface area contributed by atoms with Crippen molar-refractivity contribution in [1.82, 2.24) is 15.5 Å². The molecule has 2 N–H and O–H groups in total. The van der Waals surface area contributed by atoms with E-state index in [1.807, 2.05) is 13.8 Å². The molecule has 1 unspecified atom stereocenters. The number of likely N-dealkylation sites (N-methyl/N-ethyl adjacent to an activating group) is 1. The maximum Gasteiger partial charge on any atom is 0.417 e.